The molecule has 0 aliphatic carbocycles. The van der Waals surface area contributed by atoms with Gasteiger partial charge in [-0.05, 0) is 11.6 Å². The first-order chi connectivity index (χ1) is 14.0. The minimum atomic E-state index is -0.344. The molecule has 9 heteroatoms. The third-order valence-electron chi connectivity index (χ3n) is 4.35. The Kier molecular flexibility index (Phi) is 6.18. The van der Waals surface area contributed by atoms with Crippen molar-refractivity contribution in [1.82, 2.24) is 30.2 Å². The second-order valence-corrected chi connectivity index (χ2v) is 6.57. The first-order valence-corrected chi connectivity index (χ1v) is 9.11. The average molecular weight is 394 g/mol. The highest BCUT2D eigenvalue weighted by atomic mass is 16.2. The third kappa shape index (κ3) is 5.16. The number of aromatic nitrogens is 4. The number of carbonyl (C=O) groups excluding carboxylic acids is 2. The largest absolute Gasteiger partial charge is 0.359 e. The van der Waals surface area contributed by atoms with Crippen molar-refractivity contribution >= 4 is 11.8 Å². The zero-order chi connectivity index (χ0) is 20.8. The molecule has 0 aliphatic rings. The van der Waals surface area contributed by atoms with Gasteiger partial charge in [-0.25, -0.2) is 0 Å². The molecule has 150 valence electrons. The molecule has 0 aliphatic heterocycles. The van der Waals surface area contributed by atoms with Gasteiger partial charge < -0.3 is 15.2 Å². The molecule has 2 amide bonds. The molecule has 29 heavy (non-hydrogen) atoms. The van der Waals surface area contributed by atoms with Crippen LogP contribution in [0.2, 0.25) is 0 Å². The second kappa shape index (κ2) is 8.96. The van der Waals surface area contributed by atoms with Gasteiger partial charge in [-0.2, -0.15) is 0 Å². The van der Waals surface area contributed by atoms with Crippen molar-refractivity contribution in [2.45, 2.75) is 19.5 Å². The molecule has 2 N–H and O–H groups in total. The van der Waals surface area contributed by atoms with E-state index in [1.165, 1.54) is 11.0 Å². The fourth-order valence-corrected chi connectivity index (χ4v) is 2.84. The molecule has 0 bridgehead atoms. The van der Waals surface area contributed by atoms with E-state index in [2.05, 4.69) is 20.6 Å². The Hall–Kier alpha value is -3.75. The highest BCUT2D eigenvalue weighted by Crippen LogP contribution is 2.17. The standard InChI is InChI=1S/C20H22N6O3/c1-21-18(27)8-9-26-13-16(23-24-26)12-25(2)20(29)15-10-17(22-19(28)11-15)14-6-4-3-5-7-14/h3-7,10-11,13H,8-9,12H2,1-2H3,(H,21,27)(H,22,28). The van der Waals surface area contributed by atoms with Gasteiger partial charge in [-0.1, -0.05) is 35.5 Å². The minimum Gasteiger partial charge on any atom is -0.359 e. The molecule has 0 radical (unpaired) electrons. The summed E-state index contributed by atoms with van der Waals surface area (Å²) >= 11 is 0. The lowest BCUT2D eigenvalue weighted by Crippen LogP contribution is -2.27. The van der Waals surface area contributed by atoms with Crippen molar-refractivity contribution in [2.24, 2.45) is 0 Å². The summed E-state index contributed by atoms with van der Waals surface area (Å²) in [7, 11) is 3.21. The molecule has 2 aromatic heterocycles. The van der Waals surface area contributed by atoms with Gasteiger partial charge in [0.25, 0.3) is 5.91 Å². The van der Waals surface area contributed by atoms with Gasteiger partial charge in [-0.3, -0.25) is 19.1 Å². The summed E-state index contributed by atoms with van der Waals surface area (Å²) in [5, 5.41) is 10.6. The summed E-state index contributed by atoms with van der Waals surface area (Å²) in [4.78, 5) is 40.4. The lowest BCUT2D eigenvalue weighted by Gasteiger charge is -2.16. The molecule has 0 unspecified atom stereocenters. The van der Waals surface area contributed by atoms with Crippen LogP contribution in [0.25, 0.3) is 11.3 Å². The zero-order valence-electron chi connectivity index (χ0n) is 16.3. The van der Waals surface area contributed by atoms with Gasteiger partial charge in [0.05, 0.1) is 19.3 Å². The number of aromatic amines is 1. The summed E-state index contributed by atoms with van der Waals surface area (Å²) in [6.07, 6.45) is 1.99. The summed E-state index contributed by atoms with van der Waals surface area (Å²) in [5.74, 6) is -0.383. The van der Waals surface area contributed by atoms with Crippen LogP contribution in [-0.4, -0.2) is 50.8 Å². The van der Waals surface area contributed by atoms with E-state index in [0.717, 1.165) is 5.56 Å². The fourth-order valence-electron chi connectivity index (χ4n) is 2.84. The summed E-state index contributed by atoms with van der Waals surface area (Å²) in [5.41, 5.74) is 1.94. The number of benzene rings is 1. The highest BCUT2D eigenvalue weighted by Gasteiger charge is 2.16. The number of carbonyl (C=O) groups is 2. The van der Waals surface area contributed by atoms with Crippen LogP contribution in [0.5, 0.6) is 0 Å². The van der Waals surface area contributed by atoms with E-state index in [4.69, 9.17) is 0 Å². The molecule has 9 nitrogen and oxygen atoms in total. The molecule has 3 aromatic rings. The zero-order valence-corrected chi connectivity index (χ0v) is 16.3. The van der Waals surface area contributed by atoms with Gasteiger partial charge in [-0.15, -0.1) is 5.10 Å². The van der Waals surface area contributed by atoms with Gasteiger partial charge in [0.1, 0.15) is 5.69 Å². The van der Waals surface area contributed by atoms with Crippen LogP contribution in [0.1, 0.15) is 22.5 Å². The van der Waals surface area contributed by atoms with Crippen molar-refractivity contribution in [3.8, 4) is 11.3 Å². The number of pyridine rings is 1. The van der Waals surface area contributed by atoms with Crippen molar-refractivity contribution in [2.75, 3.05) is 14.1 Å². The topological polar surface area (TPSA) is 113 Å². The SMILES string of the molecule is CNC(=O)CCn1cc(CN(C)C(=O)c2cc(-c3ccccc3)[nH]c(=O)c2)nn1. The van der Waals surface area contributed by atoms with E-state index < -0.39 is 0 Å². The summed E-state index contributed by atoms with van der Waals surface area (Å²) < 4.78 is 1.56. The van der Waals surface area contributed by atoms with Crippen molar-refractivity contribution < 1.29 is 9.59 Å². The van der Waals surface area contributed by atoms with Crippen LogP contribution in [0, 0.1) is 0 Å². The Morgan fingerprint density at radius 2 is 1.97 bits per heavy atom. The molecule has 2 heterocycles. The predicted molar refractivity (Wildman–Crippen MR) is 107 cm³/mol. The maximum absolute atomic E-state index is 12.8. The number of amides is 2. The molecular weight excluding hydrogens is 372 g/mol. The normalized spacial score (nSPS) is 10.6. The Morgan fingerprint density at radius 1 is 1.21 bits per heavy atom. The molecule has 0 atom stereocenters. The Balaban J connectivity index is 1.71. The lowest BCUT2D eigenvalue weighted by atomic mass is 10.1. The number of H-pyrrole nitrogens is 1. The van der Waals surface area contributed by atoms with Crippen molar-refractivity contribution in [3.05, 3.63) is 70.3 Å². The van der Waals surface area contributed by atoms with E-state index in [0.29, 0.717) is 29.9 Å². The quantitative estimate of drug-likeness (QED) is 0.622. The first-order valence-electron chi connectivity index (χ1n) is 9.11. The fraction of sp³-hybridized carbons (Fsp3) is 0.250. The molecule has 0 saturated carbocycles. The van der Waals surface area contributed by atoms with Gasteiger partial charge >= 0.3 is 0 Å². The van der Waals surface area contributed by atoms with E-state index in [1.807, 2.05) is 30.3 Å². The molecule has 1 aromatic carbocycles. The molecule has 0 saturated heterocycles. The Bertz CT molecular complexity index is 1060. The van der Waals surface area contributed by atoms with E-state index >= 15 is 0 Å². The predicted octanol–water partition coefficient (Wildman–Crippen LogP) is 1.04. The maximum Gasteiger partial charge on any atom is 0.254 e. The van der Waals surface area contributed by atoms with Crippen molar-refractivity contribution in [3.63, 3.8) is 0 Å². The monoisotopic (exact) mass is 394 g/mol. The molecule has 3 rings (SSSR count). The van der Waals surface area contributed by atoms with Crippen LogP contribution in [0.4, 0.5) is 0 Å². The molecular formula is C20H22N6O3. The number of nitrogens with zero attached hydrogens (tertiary/aromatic N) is 4. The average Bonchev–Trinajstić information content (AvgIpc) is 3.18. The number of rotatable bonds is 7. The minimum absolute atomic E-state index is 0.0853. The third-order valence-corrected chi connectivity index (χ3v) is 4.35. The number of nitrogens with one attached hydrogen (secondary N) is 2. The lowest BCUT2D eigenvalue weighted by molar-refractivity contribution is -0.120. The highest BCUT2D eigenvalue weighted by molar-refractivity contribution is 5.94. The second-order valence-electron chi connectivity index (χ2n) is 6.57. The molecule has 0 spiro atoms. The molecule has 0 fully saturated rings. The van der Waals surface area contributed by atoms with Crippen LogP contribution < -0.4 is 10.9 Å². The van der Waals surface area contributed by atoms with E-state index in [-0.39, 0.29) is 23.9 Å². The maximum atomic E-state index is 12.8. The van der Waals surface area contributed by atoms with Crippen molar-refractivity contribution in [1.29, 1.82) is 0 Å². The number of hydrogen-bond acceptors (Lipinski definition) is 5. The summed E-state index contributed by atoms with van der Waals surface area (Å²) in [6, 6.07) is 12.3. The van der Waals surface area contributed by atoms with Gasteiger partial charge in [0.2, 0.25) is 11.5 Å². The van der Waals surface area contributed by atoms with Crippen LogP contribution in [0.3, 0.4) is 0 Å². The van der Waals surface area contributed by atoms with Gasteiger partial charge in [0, 0.05) is 37.8 Å². The Labute approximate surface area is 167 Å². The Morgan fingerprint density at radius 3 is 2.69 bits per heavy atom. The van der Waals surface area contributed by atoms with Gasteiger partial charge in [0.15, 0.2) is 0 Å². The number of hydrogen-bond donors (Lipinski definition) is 2. The van der Waals surface area contributed by atoms with E-state index in [9.17, 15) is 14.4 Å². The number of aryl methyl sites for hydroxylation is 1. The first kappa shape index (κ1) is 20.0. The summed E-state index contributed by atoms with van der Waals surface area (Å²) in [6.45, 7) is 0.630. The van der Waals surface area contributed by atoms with Crippen LogP contribution in [-0.2, 0) is 17.9 Å². The van der Waals surface area contributed by atoms with Crippen LogP contribution >= 0.6 is 0 Å². The van der Waals surface area contributed by atoms with E-state index in [1.54, 1.807) is 31.0 Å². The van der Waals surface area contributed by atoms with Crippen LogP contribution in [0.15, 0.2) is 53.5 Å². The smallest absolute Gasteiger partial charge is 0.254 e.